The van der Waals surface area contributed by atoms with Crippen LogP contribution in [0.25, 0.3) is 10.8 Å². The van der Waals surface area contributed by atoms with E-state index < -0.39 is 10.7 Å². The van der Waals surface area contributed by atoms with E-state index in [0.29, 0.717) is 37.4 Å². The molecule has 142 valence electrons. The summed E-state index contributed by atoms with van der Waals surface area (Å²) in [4.78, 5) is 26.7. The van der Waals surface area contributed by atoms with Gasteiger partial charge >= 0.3 is 0 Å². The number of rotatable bonds is 3. The Labute approximate surface area is 160 Å². The molecule has 0 aliphatic carbocycles. The second-order valence-corrected chi connectivity index (χ2v) is 6.70. The third-order valence-corrected chi connectivity index (χ3v) is 5.07. The number of hydrogen-bond donors (Lipinski definition) is 0. The number of carbonyl (C=O) groups excluding carboxylic acids is 1. The summed E-state index contributed by atoms with van der Waals surface area (Å²) in [6.07, 6.45) is 0. The zero-order chi connectivity index (χ0) is 19.7. The second kappa shape index (κ2) is 7.26. The number of non-ortho nitro benzene ring substituents is 1. The molecule has 4 rings (SSSR count). The monoisotopic (exact) mass is 379 g/mol. The number of nitro benzene ring substituents is 1. The fraction of sp³-hybridized carbons (Fsp3) is 0.190. The Kier molecular flexibility index (Phi) is 4.65. The van der Waals surface area contributed by atoms with Crippen LogP contribution in [-0.2, 0) is 0 Å². The average Bonchev–Trinajstić information content (AvgIpc) is 2.73. The van der Waals surface area contributed by atoms with Crippen LogP contribution in [0.5, 0.6) is 0 Å². The van der Waals surface area contributed by atoms with Gasteiger partial charge in [0, 0.05) is 37.8 Å². The van der Waals surface area contributed by atoms with Crippen LogP contribution in [0.1, 0.15) is 10.4 Å². The second-order valence-electron chi connectivity index (χ2n) is 6.70. The molecule has 1 saturated heterocycles. The van der Waals surface area contributed by atoms with Crippen molar-refractivity contribution in [2.45, 2.75) is 0 Å². The van der Waals surface area contributed by atoms with Gasteiger partial charge in [-0.1, -0.05) is 36.4 Å². The summed E-state index contributed by atoms with van der Waals surface area (Å²) < 4.78 is 14.3. The van der Waals surface area contributed by atoms with Crippen LogP contribution in [0.3, 0.4) is 0 Å². The lowest BCUT2D eigenvalue weighted by atomic mass is 10.0. The topological polar surface area (TPSA) is 66.7 Å². The van der Waals surface area contributed by atoms with Crippen LogP contribution in [0.4, 0.5) is 15.8 Å². The molecule has 0 bridgehead atoms. The number of amides is 1. The van der Waals surface area contributed by atoms with E-state index in [-0.39, 0.29) is 11.6 Å². The zero-order valence-corrected chi connectivity index (χ0v) is 15.0. The first-order chi connectivity index (χ1) is 13.5. The van der Waals surface area contributed by atoms with Gasteiger partial charge in [0.25, 0.3) is 11.6 Å². The van der Waals surface area contributed by atoms with Gasteiger partial charge in [0.2, 0.25) is 0 Å². The quantitative estimate of drug-likeness (QED) is 0.512. The Hall–Kier alpha value is -3.48. The Balaban J connectivity index is 1.50. The number of carbonyl (C=O) groups is 1. The van der Waals surface area contributed by atoms with Gasteiger partial charge < -0.3 is 9.80 Å². The van der Waals surface area contributed by atoms with E-state index >= 15 is 0 Å². The number of fused-ring (bicyclic) bond motifs is 1. The SMILES string of the molecule is O=C(c1cccc2ccccc12)N1CCN(c2ccc([N+](=O)[O-])cc2F)CC1. The predicted molar refractivity (Wildman–Crippen MR) is 105 cm³/mol. The van der Waals surface area contributed by atoms with Crippen molar-refractivity contribution >= 4 is 28.1 Å². The maximum Gasteiger partial charge on any atom is 0.272 e. The van der Waals surface area contributed by atoms with Crippen LogP contribution >= 0.6 is 0 Å². The summed E-state index contributed by atoms with van der Waals surface area (Å²) in [6.45, 7) is 1.84. The van der Waals surface area contributed by atoms with Crippen molar-refractivity contribution in [2.75, 3.05) is 31.1 Å². The third kappa shape index (κ3) is 3.26. The van der Waals surface area contributed by atoms with E-state index in [1.807, 2.05) is 47.4 Å². The smallest absolute Gasteiger partial charge is 0.272 e. The summed E-state index contributed by atoms with van der Waals surface area (Å²) in [7, 11) is 0. The van der Waals surface area contributed by atoms with Gasteiger partial charge in [0.15, 0.2) is 5.82 Å². The summed E-state index contributed by atoms with van der Waals surface area (Å²) in [5.74, 6) is -0.663. The first kappa shape index (κ1) is 17.9. The van der Waals surface area contributed by atoms with Gasteiger partial charge in [-0.15, -0.1) is 0 Å². The molecule has 0 saturated carbocycles. The Morgan fingerprint density at radius 3 is 2.39 bits per heavy atom. The Morgan fingerprint density at radius 2 is 1.68 bits per heavy atom. The highest BCUT2D eigenvalue weighted by Gasteiger charge is 2.25. The largest absolute Gasteiger partial charge is 0.366 e. The molecular weight excluding hydrogens is 361 g/mol. The number of hydrogen-bond acceptors (Lipinski definition) is 4. The van der Waals surface area contributed by atoms with Crippen LogP contribution in [0, 0.1) is 15.9 Å². The highest BCUT2D eigenvalue weighted by atomic mass is 19.1. The fourth-order valence-electron chi connectivity index (χ4n) is 3.60. The van der Waals surface area contributed by atoms with E-state index in [9.17, 15) is 19.3 Å². The predicted octanol–water partition coefficient (Wildman–Crippen LogP) is 3.85. The molecule has 1 aliphatic rings. The van der Waals surface area contributed by atoms with Gasteiger partial charge in [-0.25, -0.2) is 4.39 Å². The standard InChI is InChI=1S/C21H18FN3O3/c22-19-14-16(25(27)28)8-9-20(19)23-10-12-24(13-11-23)21(26)18-7-3-5-15-4-1-2-6-17(15)18/h1-9,14H,10-13H2. The molecule has 3 aromatic carbocycles. The summed E-state index contributed by atoms with van der Waals surface area (Å²) in [5.41, 5.74) is 0.710. The minimum Gasteiger partial charge on any atom is -0.366 e. The zero-order valence-electron chi connectivity index (χ0n) is 15.0. The lowest BCUT2D eigenvalue weighted by molar-refractivity contribution is -0.385. The molecule has 7 heteroatoms. The molecular formula is C21H18FN3O3. The molecule has 28 heavy (non-hydrogen) atoms. The summed E-state index contributed by atoms with van der Waals surface area (Å²) in [5, 5.41) is 12.7. The molecule has 1 amide bonds. The normalized spacial score (nSPS) is 14.3. The van der Waals surface area contributed by atoms with Crippen LogP contribution < -0.4 is 4.90 Å². The van der Waals surface area contributed by atoms with Crippen LogP contribution in [-0.4, -0.2) is 41.9 Å². The van der Waals surface area contributed by atoms with Crippen molar-refractivity contribution in [1.82, 2.24) is 4.90 Å². The Bertz CT molecular complexity index is 1060. The number of nitro groups is 1. The minimum absolute atomic E-state index is 0.0411. The molecule has 0 radical (unpaired) electrons. The van der Waals surface area contributed by atoms with Gasteiger partial charge in [0.05, 0.1) is 16.7 Å². The lowest BCUT2D eigenvalue weighted by Gasteiger charge is -2.36. The van der Waals surface area contributed by atoms with Crippen molar-refractivity contribution in [3.8, 4) is 0 Å². The number of halogens is 1. The third-order valence-electron chi connectivity index (χ3n) is 5.07. The molecule has 6 nitrogen and oxygen atoms in total. The molecule has 0 aromatic heterocycles. The molecule has 0 N–H and O–H groups in total. The molecule has 1 aliphatic heterocycles. The van der Waals surface area contributed by atoms with Crippen LogP contribution in [0.2, 0.25) is 0 Å². The minimum atomic E-state index is -0.622. The maximum atomic E-state index is 14.3. The van der Waals surface area contributed by atoms with E-state index in [0.717, 1.165) is 16.8 Å². The average molecular weight is 379 g/mol. The molecule has 0 unspecified atom stereocenters. The fourth-order valence-corrected chi connectivity index (χ4v) is 3.60. The van der Waals surface area contributed by atoms with Crippen molar-refractivity contribution in [3.63, 3.8) is 0 Å². The van der Waals surface area contributed by atoms with E-state index in [1.165, 1.54) is 12.1 Å². The molecule has 0 atom stereocenters. The Morgan fingerprint density at radius 1 is 0.964 bits per heavy atom. The van der Waals surface area contributed by atoms with Gasteiger partial charge in [-0.2, -0.15) is 0 Å². The summed E-state index contributed by atoms with van der Waals surface area (Å²) >= 11 is 0. The number of benzene rings is 3. The highest BCUT2D eigenvalue weighted by Crippen LogP contribution is 2.26. The van der Waals surface area contributed by atoms with Crippen molar-refractivity contribution in [3.05, 3.63) is 82.2 Å². The molecule has 3 aromatic rings. The first-order valence-corrected chi connectivity index (χ1v) is 9.00. The number of piperazine rings is 1. The number of nitrogens with zero attached hydrogens (tertiary/aromatic N) is 3. The first-order valence-electron chi connectivity index (χ1n) is 9.00. The highest BCUT2D eigenvalue weighted by molar-refractivity contribution is 6.07. The van der Waals surface area contributed by atoms with Gasteiger partial charge in [-0.05, 0) is 22.9 Å². The van der Waals surface area contributed by atoms with Crippen molar-refractivity contribution < 1.29 is 14.1 Å². The van der Waals surface area contributed by atoms with E-state index in [4.69, 9.17) is 0 Å². The lowest BCUT2D eigenvalue weighted by Crippen LogP contribution is -2.49. The van der Waals surface area contributed by atoms with E-state index in [1.54, 1.807) is 4.90 Å². The van der Waals surface area contributed by atoms with Gasteiger partial charge in [-0.3, -0.25) is 14.9 Å². The van der Waals surface area contributed by atoms with Crippen molar-refractivity contribution in [2.24, 2.45) is 0 Å². The molecule has 1 fully saturated rings. The van der Waals surface area contributed by atoms with E-state index in [2.05, 4.69) is 0 Å². The molecule has 0 spiro atoms. The van der Waals surface area contributed by atoms with Gasteiger partial charge in [0.1, 0.15) is 0 Å². The molecule has 1 heterocycles. The number of anilines is 1. The maximum absolute atomic E-state index is 14.3. The van der Waals surface area contributed by atoms with Crippen LogP contribution in [0.15, 0.2) is 60.7 Å². The van der Waals surface area contributed by atoms with Crippen molar-refractivity contribution in [1.29, 1.82) is 0 Å². The summed E-state index contributed by atoms with van der Waals surface area (Å²) in [6, 6.07) is 17.1.